The fraction of sp³-hybridized carbons (Fsp3) is 0.216. The maximum Gasteiger partial charge on any atom is 0.323 e. The third-order valence-electron chi connectivity index (χ3n) is 8.64. The zero-order valence-corrected chi connectivity index (χ0v) is 26.2. The molecule has 2 N–H and O–H groups in total. The van der Waals surface area contributed by atoms with E-state index in [-0.39, 0.29) is 18.0 Å². The van der Waals surface area contributed by atoms with Gasteiger partial charge in [-0.05, 0) is 73.0 Å². The van der Waals surface area contributed by atoms with Gasteiger partial charge in [0.25, 0.3) is 0 Å². The minimum Gasteiger partial charge on any atom is -0.497 e. The van der Waals surface area contributed by atoms with Gasteiger partial charge in [0.1, 0.15) is 17.6 Å². The van der Waals surface area contributed by atoms with Crippen LogP contribution in [0.5, 0.6) is 11.5 Å². The summed E-state index contributed by atoms with van der Waals surface area (Å²) < 4.78 is 12.9. The fourth-order valence-electron chi connectivity index (χ4n) is 6.51. The number of carbonyl (C=O) groups is 1. The lowest BCUT2D eigenvalue weighted by atomic mass is 9.91. The smallest absolute Gasteiger partial charge is 0.323 e. The van der Waals surface area contributed by atoms with E-state index >= 15 is 0 Å². The van der Waals surface area contributed by atoms with Crippen LogP contribution in [0.15, 0.2) is 84.9 Å². The van der Waals surface area contributed by atoms with Crippen LogP contribution < -0.4 is 25.0 Å². The molecule has 0 fully saturated rings. The molecule has 2 atom stereocenters. The molecule has 1 aliphatic rings. The van der Waals surface area contributed by atoms with Crippen molar-refractivity contribution in [2.45, 2.75) is 32.4 Å². The van der Waals surface area contributed by atoms with Crippen molar-refractivity contribution < 1.29 is 14.3 Å². The second-order valence-corrected chi connectivity index (χ2v) is 11.0. The molecule has 0 saturated carbocycles. The first-order valence-corrected chi connectivity index (χ1v) is 15.2. The minimum absolute atomic E-state index is 0.145. The molecule has 1 aromatic heterocycles. The predicted molar refractivity (Wildman–Crippen MR) is 181 cm³/mol. The average molecular weight is 611 g/mol. The number of amides is 2. The number of fused-ring (bicyclic) bond motifs is 2. The van der Waals surface area contributed by atoms with Gasteiger partial charge < -0.3 is 29.6 Å². The van der Waals surface area contributed by atoms with Gasteiger partial charge in [-0.15, -0.1) is 0 Å². The van der Waals surface area contributed by atoms with Crippen molar-refractivity contribution in [1.82, 2.24) is 4.57 Å². The highest BCUT2D eigenvalue weighted by molar-refractivity contribution is 6.00. The number of aryl methyl sites for hydroxylation is 1. The normalized spacial score (nSPS) is 15.1. The lowest BCUT2D eigenvalue weighted by Gasteiger charge is -2.28. The summed E-state index contributed by atoms with van der Waals surface area (Å²) in [5, 5.41) is 26.8. The molecule has 9 heteroatoms. The molecule has 5 aromatic rings. The van der Waals surface area contributed by atoms with E-state index in [1.807, 2.05) is 91.9 Å². The number of anilines is 3. The number of aromatic nitrogens is 1. The van der Waals surface area contributed by atoms with E-state index in [9.17, 15) is 15.3 Å². The average Bonchev–Trinajstić information content (AvgIpc) is 3.59. The number of ether oxygens (including phenoxy) is 2. The first kappa shape index (κ1) is 30.1. The van der Waals surface area contributed by atoms with E-state index in [1.54, 1.807) is 14.2 Å². The molecule has 1 aliphatic heterocycles. The molecule has 6 rings (SSSR count). The summed E-state index contributed by atoms with van der Waals surface area (Å²) in [5.41, 5.74) is 7.47. The van der Waals surface area contributed by atoms with Gasteiger partial charge in [0, 0.05) is 47.7 Å². The summed E-state index contributed by atoms with van der Waals surface area (Å²) in [6, 6.07) is 31.0. The molecule has 230 valence electrons. The van der Waals surface area contributed by atoms with E-state index in [0.717, 1.165) is 57.0 Å². The van der Waals surface area contributed by atoms with Crippen molar-refractivity contribution >= 4 is 34.0 Å². The fourth-order valence-corrected chi connectivity index (χ4v) is 6.51. The first-order chi connectivity index (χ1) is 22.4. The zero-order valence-electron chi connectivity index (χ0n) is 26.2. The van der Waals surface area contributed by atoms with E-state index in [0.29, 0.717) is 23.5 Å². The molecule has 2 unspecified atom stereocenters. The van der Waals surface area contributed by atoms with E-state index < -0.39 is 0 Å². The number of nitrogens with zero attached hydrogens (tertiary/aromatic N) is 4. The summed E-state index contributed by atoms with van der Waals surface area (Å²) in [6.07, 6.45) is 0. The number of methoxy groups -OCH3 is 2. The summed E-state index contributed by atoms with van der Waals surface area (Å²) in [6.45, 7) is 5.53. The van der Waals surface area contributed by atoms with Crippen molar-refractivity contribution in [3.63, 3.8) is 0 Å². The largest absolute Gasteiger partial charge is 0.497 e. The first-order valence-electron chi connectivity index (χ1n) is 15.2. The van der Waals surface area contributed by atoms with Gasteiger partial charge in [-0.1, -0.05) is 30.3 Å². The summed E-state index contributed by atoms with van der Waals surface area (Å²) in [5.74, 6) is 1.17. The number of nitrogens with one attached hydrogen (secondary N) is 2. The molecule has 4 aromatic carbocycles. The van der Waals surface area contributed by atoms with Crippen molar-refractivity contribution in [2.24, 2.45) is 0 Å². The summed E-state index contributed by atoms with van der Waals surface area (Å²) in [4.78, 5) is 15.1. The SMILES string of the molecule is CCN1c2cc(OC)ccc2C(C#N)C1c1ccc(NC(=O)Nc2ccc(-c3c(C#N)c4ccc(OC)cc4n3CC)cc2)cc1. The quantitative estimate of drug-likeness (QED) is 0.184. The van der Waals surface area contributed by atoms with Crippen LogP contribution in [-0.2, 0) is 6.54 Å². The van der Waals surface area contributed by atoms with Crippen LogP contribution in [0.1, 0.15) is 42.5 Å². The number of nitriles is 2. The number of carbonyl (C=O) groups excluding carboxylic acids is 1. The number of hydrogen-bond acceptors (Lipinski definition) is 6. The Morgan fingerprint density at radius 1 is 0.826 bits per heavy atom. The van der Waals surface area contributed by atoms with Crippen molar-refractivity contribution in [3.8, 4) is 34.9 Å². The van der Waals surface area contributed by atoms with Gasteiger partial charge in [0.05, 0.1) is 49.0 Å². The van der Waals surface area contributed by atoms with E-state index in [1.165, 1.54) is 0 Å². The van der Waals surface area contributed by atoms with Crippen molar-refractivity contribution in [3.05, 3.63) is 102 Å². The minimum atomic E-state index is -0.376. The molecule has 0 aliphatic carbocycles. The highest BCUT2D eigenvalue weighted by Crippen LogP contribution is 2.49. The monoisotopic (exact) mass is 610 g/mol. The van der Waals surface area contributed by atoms with Crippen LogP contribution in [0.2, 0.25) is 0 Å². The van der Waals surface area contributed by atoms with Crippen LogP contribution in [0.25, 0.3) is 22.2 Å². The molecule has 0 saturated heterocycles. The second kappa shape index (κ2) is 12.6. The lowest BCUT2D eigenvalue weighted by molar-refractivity contribution is 0.262. The molecule has 46 heavy (non-hydrogen) atoms. The molecule has 0 spiro atoms. The molecular weight excluding hydrogens is 576 g/mol. The molecule has 2 heterocycles. The van der Waals surface area contributed by atoms with Crippen molar-refractivity contribution in [1.29, 1.82) is 10.5 Å². The summed E-state index contributed by atoms with van der Waals surface area (Å²) >= 11 is 0. The Morgan fingerprint density at radius 3 is 2.04 bits per heavy atom. The van der Waals surface area contributed by atoms with Gasteiger partial charge in [0.15, 0.2) is 0 Å². The Bertz CT molecular complexity index is 2000. The van der Waals surface area contributed by atoms with Gasteiger partial charge in [-0.25, -0.2) is 4.79 Å². The highest BCUT2D eigenvalue weighted by atomic mass is 16.5. The van der Waals surface area contributed by atoms with E-state index in [4.69, 9.17) is 9.47 Å². The van der Waals surface area contributed by atoms with E-state index in [2.05, 4.69) is 39.2 Å². The van der Waals surface area contributed by atoms with Crippen LogP contribution in [0, 0.1) is 22.7 Å². The Kier molecular flexibility index (Phi) is 8.24. The number of benzene rings is 4. The Morgan fingerprint density at radius 2 is 1.46 bits per heavy atom. The standard InChI is InChI=1S/C37H34N6O3/c1-5-42-33-19-27(45-3)15-17-29(33)31(21-38)35(42)23-7-11-25(12-8-23)40-37(44)41-26-13-9-24(10-14-26)36-32(22-39)30-18-16-28(46-4)20-34(30)43(36)6-2/h7-20,31,35H,5-6H2,1-4H3,(H2,40,41,44). The van der Waals surface area contributed by atoms with Gasteiger partial charge >= 0.3 is 6.03 Å². The molecule has 0 radical (unpaired) electrons. The van der Waals surface area contributed by atoms with Crippen LogP contribution in [-0.4, -0.2) is 31.4 Å². The van der Waals surface area contributed by atoms with Crippen LogP contribution in [0.3, 0.4) is 0 Å². The van der Waals surface area contributed by atoms with Gasteiger partial charge in [-0.2, -0.15) is 10.5 Å². The van der Waals surface area contributed by atoms with Crippen molar-refractivity contribution in [2.75, 3.05) is 36.3 Å². The third kappa shape index (κ3) is 5.22. The molecular formula is C37H34N6O3. The van der Waals surface area contributed by atoms with Gasteiger partial charge in [-0.3, -0.25) is 0 Å². The Hall–Kier alpha value is -5.93. The third-order valence-corrected chi connectivity index (χ3v) is 8.64. The van der Waals surface area contributed by atoms with Crippen LogP contribution in [0.4, 0.5) is 21.9 Å². The maximum absolute atomic E-state index is 12.9. The zero-order chi connectivity index (χ0) is 32.4. The van der Waals surface area contributed by atoms with Crippen LogP contribution >= 0.6 is 0 Å². The second-order valence-electron chi connectivity index (χ2n) is 11.0. The summed E-state index contributed by atoms with van der Waals surface area (Å²) in [7, 11) is 3.27. The highest BCUT2D eigenvalue weighted by Gasteiger charge is 2.39. The predicted octanol–water partition coefficient (Wildman–Crippen LogP) is 8.05. The molecule has 9 nitrogen and oxygen atoms in total. The molecule has 0 bridgehead atoms. The number of urea groups is 1. The maximum atomic E-state index is 12.9. The number of likely N-dealkylation sites (N-methyl/N-ethyl adjacent to an activating group) is 1. The number of hydrogen-bond donors (Lipinski definition) is 2. The number of rotatable bonds is 8. The lowest BCUT2D eigenvalue weighted by Crippen LogP contribution is -2.26. The molecule has 2 amide bonds. The Balaban J connectivity index is 1.17. The Labute approximate surface area is 268 Å². The topological polar surface area (TPSA) is 115 Å². The van der Waals surface area contributed by atoms with Gasteiger partial charge in [0.2, 0.25) is 0 Å².